The highest BCUT2D eigenvalue weighted by molar-refractivity contribution is 14.0. The van der Waals surface area contributed by atoms with E-state index in [9.17, 15) is 8.42 Å². The van der Waals surface area contributed by atoms with Gasteiger partial charge in [-0.2, -0.15) is 0 Å². The van der Waals surface area contributed by atoms with Gasteiger partial charge in [-0.25, -0.2) is 13.4 Å². The van der Waals surface area contributed by atoms with E-state index in [1.54, 1.807) is 7.11 Å². The van der Waals surface area contributed by atoms with Crippen molar-refractivity contribution < 1.29 is 13.2 Å². The number of methoxy groups -OCH3 is 1. The quantitative estimate of drug-likeness (QED) is 0.279. The molecule has 0 saturated carbocycles. The first kappa shape index (κ1) is 26.1. The molecule has 168 valence electrons. The largest absolute Gasteiger partial charge is 0.497 e. The van der Waals surface area contributed by atoms with Crippen molar-refractivity contribution in [1.82, 2.24) is 25.4 Å². The molecule has 0 saturated heterocycles. The number of guanidine groups is 1. The van der Waals surface area contributed by atoms with Crippen molar-refractivity contribution in [3.63, 3.8) is 0 Å². The van der Waals surface area contributed by atoms with Gasteiger partial charge in [-0.05, 0) is 38.0 Å². The summed E-state index contributed by atoms with van der Waals surface area (Å²) >= 11 is 0. The molecule has 1 atom stereocenters. The number of aromatic nitrogens is 3. The van der Waals surface area contributed by atoms with Crippen LogP contribution in [0.3, 0.4) is 0 Å². The number of benzene rings is 1. The Morgan fingerprint density at radius 2 is 1.93 bits per heavy atom. The second-order valence-electron chi connectivity index (χ2n) is 7.05. The molecule has 1 aromatic carbocycles. The number of nitrogens with zero attached hydrogens (tertiary/aromatic N) is 4. The Labute approximate surface area is 195 Å². The lowest BCUT2D eigenvalue weighted by Crippen LogP contribution is -2.43. The van der Waals surface area contributed by atoms with Crippen LogP contribution in [-0.4, -0.2) is 54.3 Å². The maximum Gasteiger partial charge on any atom is 0.192 e. The van der Waals surface area contributed by atoms with Gasteiger partial charge in [-0.1, -0.05) is 12.1 Å². The normalized spacial score (nSPS) is 12.8. The SMILES string of the molecule is COc1ccc(CN=C(NCc2nnc(C)n2C)NC(C)CCS(C)(=O)=O)cc1.I. The van der Waals surface area contributed by atoms with Gasteiger partial charge in [-0.3, -0.25) is 0 Å². The standard InChI is InChI=1S/C19H30N6O3S.HI/c1-14(10-11-29(5,26)27)22-19(21-13-18-24-23-15(2)25(18)3)20-12-16-6-8-17(28-4)9-7-16;/h6-9,14H,10-13H2,1-5H3,(H2,20,21,22);1H. The Kier molecular flexibility index (Phi) is 10.5. The Hall–Kier alpha value is -1.89. The summed E-state index contributed by atoms with van der Waals surface area (Å²) in [6.07, 6.45) is 1.73. The van der Waals surface area contributed by atoms with Crippen molar-refractivity contribution in [3.05, 3.63) is 41.5 Å². The molecule has 1 heterocycles. The third kappa shape index (κ3) is 8.86. The third-order valence-corrected chi connectivity index (χ3v) is 5.46. The number of ether oxygens (including phenoxy) is 1. The molecule has 2 rings (SSSR count). The second kappa shape index (κ2) is 12.1. The molecule has 0 aliphatic rings. The molecule has 0 radical (unpaired) electrons. The van der Waals surface area contributed by atoms with E-state index in [1.165, 1.54) is 6.26 Å². The smallest absolute Gasteiger partial charge is 0.192 e. The van der Waals surface area contributed by atoms with E-state index in [2.05, 4.69) is 25.8 Å². The van der Waals surface area contributed by atoms with Crippen molar-refractivity contribution >= 4 is 39.8 Å². The van der Waals surface area contributed by atoms with Crippen LogP contribution in [0, 0.1) is 6.92 Å². The molecule has 9 nitrogen and oxygen atoms in total. The molecule has 0 bridgehead atoms. The van der Waals surface area contributed by atoms with Crippen molar-refractivity contribution in [3.8, 4) is 5.75 Å². The fourth-order valence-electron chi connectivity index (χ4n) is 2.52. The molecular formula is C19H31IN6O3S. The van der Waals surface area contributed by atoms with Crippen molar-refractivity contribution in [1.29, 1.82) is 0 Å². The summed E-state index contributed by atoms with van der Waals surface area (Å²) < 4.78 is 29.9. The van der Waals surface area contributed by atoms with Crippen molar-refractivity contribution in [2.45, 2.75) is 39.4 Å². The maximum absolute atomic E-state index is 11.4. The van der Waals surface area contributed by atoms with Crippen molar-refractivity contribution in [2.75, 3.05) is 19.1 Å². The topological polar surface area (TPSA) is 110 Å². The molecule has 0 spiro atoms. The lowest BCUT2D eigenvalue weighted by molar-refractivity contribution is 0.414. The Bertz CT molecular complexity index is 928. The number of aryl methyl sites for hydroxylation is 1. The minimum Gasteiger partial charge on any atom is -0.497 e. The predicted molar refractivity (Wildman–Crippen MR) is 129 cm³/mol. The Morgan fingerprint density at radius 1 is 1.27 bits per heavy atom. The van der Waals surface area contributed by atoms with Crippen LogP contribution in [0.2, 0.25) is 0 Å². The zero-order valence-electron chi connectivity index (χ0n) is 18.0. The zero-order chi connectivity index (χ0) is 21.4. The highest BCUT2D eigenvalue weighted by Gasteiger charge is 2.11. The Morgan fingerprint density at radius 3 is 2.47 bits per heavy atom. The van der Waals surface area contributed by atoms with E-state index < -0.39 is 9.84 Å². The maximum atomic E-state index is 11.4. The van der Waals surface area contributed by atoms with Gasteiger partial charge in [0.05, 0.1) is 26.0 Å². The molecule has 0 fully saturated rings. The molecule has 2 aromatic rings. The first-order chi connectivity index (χ1) is 13.7. The number of aliphatic imine (C=N–C) groups is 1. The van der Waals surface area contributed by atoms with Crippen LogP contribution in [-0.2, 0) is 30.0 Å². The van der Waals surface area contributed by atoms with Crippen molar-refractivity contribution in [2.24, 2.45) is 12.0 Å². The van der Waals surface area contributed by atoms with Crippen LogP contribution in [0.25, 0.3) is 0 Å². The third-order valence-electron chi connectivity index (χ3n) is 4.48. The first-order valence-corrected chi connectivity index (χ1v) is 11.4. The highest BCUT2D eigenvalue weighted by Crippen LogP contribution is 2.12. The lowest BCUT2D eigenvalue weighted by atomic mass is 10.2. The van der Waals surface area contributed by atoms with Gasteiger partial charge < -0.3 is 19.9 Å². The number of nitrogens with one attached hydrogen (secondary N) is 2. The van der Waals surface area contributed by atoms with Gasteiger partial charge >= 0.3 is 0 Å². The number of halogens is 1. The molecule has 2 N–H and O–H groups in total. The molecule has 0 amide bonds. The average Bonchev–Trinajstić information content (AvgIpc) is 3.00. The van der Waals surface area contributed by atoms with Gasteiger partial charge in [0.25, 0.3) is 0 Å². The number of sulfone groups is 1. The fourth-order valence-corrected chi connectivity index (χ4v) is 3.30. The van der Waals surface area contributed by atoms with Gasteiger partial charge in [0.15, 0.2) is 11.8 Å². The lowest BCUT2D eigenvalue weighted by Gasteiger charge is -2.18. The number of rotatable bonds is 9. The van der Waals surface area contributed by atoms with Gasteiger partial charge in [0.1, 0.15) is 21.4 Å². The summed E-state index contributed by atoms with van der Waals surface area (Å²) in [6.45, 7) is 4.74. The summed E-state index contributed by atoms with van der Waals surface area (Å²) in [4.78, 5) is 4.63. The second-order valence-corrected chi connectivity index (χ2v) is 9.31. The molecular weight excluding hydrogens is 519 g/mol. The summed E-state index contributed by atoms with van der Waals surface area (Å²) in [5.74, 6) is 3.11. The molecule has 30 heavy (non-hydrogen) atoms. The van der Waals surface area contributed by atoms with Gasteiger partial charge in [0.2, 0.25) is 0 Å². The van der Waals surface area contributed by atoms with Crippen LogP contribution >= 0.6 is 24.0 Å². The molecule has 0 aliphatic heterocycles. The minimum atomic E-state index is -3.01. The number of hydrogen-bond donors (Lipinski definition) is 2. The van der Waals surface area contributed by atoms with Crippen LogP contribution in [0.15, 0.2) is 29.3 Å². The molecule has 1 unspecified atom stereocenters. The highest BCUT2D eigenvalue weighted by atomic mass is 127. The molecule has 1 aromatic heterocycles. The zero-order valence-corrected chi connectivity index (χ0v) is 21.2. The summed E-state index contributed by atoms with van der Waals surface area (Å²) in [6, 6.07) is 7.64. The van der Waals surface area contributed by atoms with E-state index >= 15 is 0 Å². The van der Waals surface area contributed by atoms with E-state index in [-0.39, 0.29) is 35.8 Å². The monoisotopic (exact) mass is 550 g/mol. The molecule has 0 aliphatic carbocycles. The summed E-state index contributed by atoms with van der Waals surface area (Å²) in [5, 5.41) is 14.7. The van der Waals surface area contributed by atoms with E-state index in [1.807, 2.05) is 49.7 Å². The first-order valence-electron chi connectivity index (χ1n) is 9.38. The van der Waals surface area contributed by atoms with E-state index in [0.717, 1.165) is 23.0 Å². The predicted octanol–water partition coefficient (Wildman–Crippen LogP) is 1.81. The van der Waals surface area contributed by atoms with Gasteiger partial charge in [0, 0.05) is 19.3 Å². The minimum absolute atomic E-state index is 0. The summed E-state index contributed by atoms with van der Waals surface area (Å²) in [5.41, 5.74) is 1.03. The number of hydrogen-bond acceptors (Lipinski definition) is 6. The van der Waals surface area contributed by atoms with E-state index in [0.29, 0.717) is 25.5 Å². The van der Waals surface area contributed by atoms with Crippen LogP contribution in [0.1, 0.15) is 30.6 Å². The van der Waals surface area contributed by atoms with Gasteiger partial charge in [-0.15, -0.1) is 34.2 Å². The van der Waals surface area contributed by atoms with Crippen LogP contribution in [0.4, 0.5) is 0 Å². The Balaban J connectivity index is 0.00000450. The van der Waals surface area contributed by atoms with Crippen LogP contribution in [0.5, 0.6) is 5.75 Å². The van der Waals surface area contributed by atoms with E-state index in [4.69, 9.17) is 4.74 Å². The average molecular weight is 550 g/mol. The van der Waals surface area contributed by atoms with Crippen LogP contribution < -0.4 is 15.4 Å². The summed E-state index contributed by atoms with van der Waals surface area (Å²) in [7, 11) is 0.527. The molecule has 11 heteroatoms. The fraction of sp³-hybridized carbons (Fsp3) is 0.526.